The minimum Gasteiger partial charge on any atom is -0.476 e. The largest absolute Gasteiger partial charge is 0.476 e. The molecule has 1 fully saturated rings. The molecule has 2 aromatic heterocycles. The number of carbonyl (C=O) groups is 1. The van der Waals surface area contributed by atoms with Crippen molar-refractivity contribution in [3.05, 3.63) is 42.2 Å². The molecule has 0 bridgehead atoms. The molecule has 1 saturated heterocycles. The lowest BCUT2D eigenvalue weighted by molar-refractivity contribution is -0.174. The number of aliphatic hydroxyl groups excluding tert-OH is 1. The average molecular weight is 447 g/mol. The average Bonchev–Trinajstić information content (AvgIpc) is 3.26. The van der Waals surface area contributed by atoms with Crippen molar-refractivity contribution < 1.29 is 32.9 Å². The molecule has 0 radical (unpaired) electrons. The number of ether oxygens (including phenoxy) is 1. The molecule has 0 spiro atoms. The zero-order valence-corrected chi connectivity index (χ0v) is 17.8. The van der Waals surface area contributed by atoms with E-state index in [2.05, 4.69) is 16.5 Å². The molecule has 1 aromatic carbocycles. The van der Waals surface area contributed by atoms with Crippen LogP contribution in [0.25, 0.3) is 22.1 Å². The van der Waals surface area contributed by atoms with Gasteiger partial charge in [-0.05, 0) is 39.3 Å². The van der Waals surface area contributed by atoms with Gasteiger partial charge >= 0.3 is 11.9 Å². The van der Waals surface area contributed by atoms with Crippen LogP contribution in [0.3, 0.4) is 0 Å². The van der Waals surface area contributed by atoms with E-state index in [4.69, 9.17) is 14.3 Å². The summed E-state index contributed by atoms with van der Waals surface area (Å²) in [5.74, 6) is -7.91. The Morgan fingerprint density at radius 2 is 2.00 bits per heavy atom. The molecule has 1 aliphatic heterocycles. The number of aromatic nitrogens is 2. The van der Waals surface area contributed by atoms with Crippen molar-refractivity contribution in [2.24, 2.45) is 0 Å². The van der Waals surface area contributed by atoms with E-state index in [9.17, 15) is 18.7 Å². The summed E-state index contributed by atoms with van der Waals surface area (Å²) < 4.78 is 40.5. The Kier molecular flexibility index (Phi) is 5.17. The maximum absolute atomic E-state index is 14.5. The SMILES string of the molecule is C=C1C[C@@H](C(O)OC(C)(C)C)N(c2nc(C(F)(F)C(=O)O)nc3c2oc2ccccc23)C1. The number of anilines is 1. The number of aliphatic hydroxyl groups is 1. The van der Waals surface area contributed by atoms with Crippen LogP contribution < -0.4 is 4.90 Å². The molecule has 3 aromatic rings. The lowest BCUT2D eigenvalue weighted by atomic mass is 10.1. The Bertz CT molecular complexity index is 1220. The molecule has 0 amide bonds. The standard InChI is InChI=1S/C22H23F2N3O5/c1-11-9-13(18(28)32-21(2,3)4)27(10-11)17-16-15(12-7-5-6-8-14(12)31-16)25-19(26-17)22(23,24)20(29)30/h5-8,13,18,28H,1,9-10H2,2-4H3,(H,29,30)/t13-,18?/m0/s1. The van der Waals surface area contributed by atoms with Crippen LogP contribution in [-0.4, -0.2) is 50.6 Å². The van der Waals surface area contributed by atoms with Gasteiger partial charge in [0.15, 0.2) is 17.7 Å². The molecule has 4 rings (SSSR count). The molecule has 10 heteroatoms. The monoisotopic (exact) mass is 447 g/mol. The number of rotatable bonds is 5. The Labute approximate surface area is 182 Å². The lowest BCUT2D eigenvalue weighted by Crippen LogP contribution is -2.44. The molecule has 32 heavy (non-hydrogen) atoms. The summed E-state index contributed by atoms with van der Waals surface area (Å²) in [7, 11) is 0. The van der Waals surface area contributed by atoms with Crippen LogP contribution in [0, 0.1) is 0 Å². The van der Waals surface area contributed by atoms with E-state index in [-0.39, 0.29) is 23.5 Å². The first kappa shape index (κ1) is 22.1. The summed E-state index contributed by atoms with van der Waals surface area (Å²) in [6.07, 6.45) is -0.958. The van der Waals surface area contributed by atoms with Crippen LogP contribution in [-0.2, 0) is 15.5 Å². The van der Waals surface area contributed by atoms with Gasteiger partial charge in [0, 0.05) is 11.9 Å². The van der Waals surface area contributed by atoms with E-state index in [1.54, 1.807) is 49.9 Å². The highest BCUT2D eigenvalue weighted by molar-refractivity contribution is 6.06. The number of nitrogens with zero attached hydrogens (tertiary/aromatic N) is 3. The molecule has 8 nitrogen and oxygen atoms in total. The number of furan rings is 1. The minimum absolute atomic E-state index is 0.0534. The molecular weight excluding hydrogens is 424 g/mol. The zero-order valence-electron chi connectivity index (χ0n) is 17.8. The van der Waals surface area contributed by atoms with Gasteiger partial charge in [-0.2, -0.15) is 8.78 Å². The second-order valence-electron chi connectivity index (χ2n) is 8.80. The number of aliphatic carboxylic acids is 1. The Hall–Kier alpha value is -3.11. The summed E-state index contributed by atoms with van der Waals surface area (Å²) >= 11 is 0. The van der Waals surface area contributed by atoms with Gasteiger partial charge in [0.1, 0.15) is 11.1 Å². The van der Waals surface area contributed by atoms with Gasteiger partial charge in [-0.1, -0.05) is 24.3 Å². The quantitative estimate of drug-likeness (QED) is 0.449. The molecule has 1 unspecified atom stereocenters. The van der Waals surface area contributed by atoms with Gasteiger partial charge in [0.05, 0.1) is 11.6 Å². The summed E-state index contributed by atoms with van der Waals surface area (Å²) in [4.78, 5) is 20.6. The minimum atomic E-state index is -4.33. The van der Waals surface area contributed by atoms with Crippen molar-refractivity contribution in [3.8, 4) is 0 Å². The van der Waals surface area contributed by atoms with E-state index in [0.29, 0.717) is 17.4 Å². The second-order valence-corrected chi connectivity index (χ2v) is 8.80. The number of hydrogen-bond acceptors (Lipinski definition) is 7. The molecule has 170 valence electrons. The molecule has 1 aliphatic rings. The summed E-state index contributed by atoms with van der Waals surface area (Å²) in [5, 5.41) is 20.2. The summed E-state index contributed by atoms with van der Waals surface area (Å²) in [6, 6.07) is 5.99. The first-order valence-electron chi connectivity index (χ1n) is 9.98. The van der Waals surface area contributed by atoms with E-state index >= 15 is 0 Å². The van der Waals surface area contributed by atoms with Gasteiger partial charge in [-0.25, -0.2) is 14.8 Å². The third-order valence-corrected chi connectivity index (χ3v) is 5.12. The van der Waals surface area contributed by atoms with E-state index in [0.717, 1.165) is 5.57 Å². The third-order valence-electron chi connectivity index (χ3n) is 5.12. The Balaban J connectivity index is 1.93. The van der Waals surface area contributed by atoms with E-state index < -0.39 is 35.6 Å². The molecule has 3 heterocycles. The highest BCUT2D eigenvalue weighted by Crippen LogP contribution is 2.40. The number of hydrogen-bond donors (Lipinski definition) is 2. The number of para-hydroxylation sites is 1. The highest BCUT2D eigenvalue weighted by atomic mass is 19.3. The number of fused-ring (bicyclic) bond motifs is 3. The van der Waals surface area contributed by atoms with Crippen molar-refractivity contribution in [1.29, 1.82) is 0 Å². The second kappa shape index (κ2) is 7.49. The van der Waals surface area contributed by atoms with Gasteiger partial charge < -0.3 is 24.3 Å². The number of carboxylic acid groups (broad SMARTS) is 1. The Morgan fingerprint density at radius 3 is 2.66 bits per heavy atom. The van der Waals surface area contributed by atoms with Crippen molar-refractivity contribution in [2.75, 3.05) is 11.4 Å². The van der Waals surface area contributed by atoms with E-state index in [1.165, 1.54) is 0 Å². The Morgan fingerprint density at radius 1 is 1.31 bits per heavy atom. The van der Waals surface area contributed by atoms with Crippen LogP contribution >= 0.6 is 0 Å². The molecular formula is C22H23F2N3O5. The van der Waals surface area contributed by atoms with Crippen molar-refractivity contribution >= 4 is 33.9 Å². The van der Waals surface area contributed by atoms with Crippen LogP contribution in [0.2, 0.25) is 0 Å². The van der Waals surface area contributed by atoms with Gasteiger partial charge in [-0.15, -0.1) is 0 Å². The fraction of sp³-hybridized carbons (Fsp3) is 0.409. The zero-order chi connectivity index (χ0) is 23.4. The fourth-order valence-electron chi connectivity index (χ4n) is 3.76. The molecule has 0 saturated carbocycles. The van der Waals surface area contributed by atoms with Crippen molar-refractivity contribution in [3.63, 3.8) is 0 Å². The highest BCUT2D eigenvalue weighted by Gasteiger charge is 2.46. The normalized spacial score (nSPS) is 18.6. The summed E-state index contributed by atoms with van der Waals surface area (Å²) in [5.41, 5.74) is 0.607. The number of alkyl halides is 2. The number of carboxylic acids is 1. The number of benzene rings is 1. The fourth-order valence-corrected chi connectivity index (χ4v) is 3.76. The van der Waals surface area contributed by atoms with Gasteiger partial charge in [0.2, 0.25) is 5.82 Å². The molecule has 0 aliphatic carbocycles. The van der Waals surface area contributed by atoms with Crippen LogP contribution in [0.5, 0.6) is 0 Å². The van der Waals surface area contributed by atoms with Crippen LogP contribution in [0.4, 0.5) is 14.6 Å². The topological polar surface area (TPSA) is 109 Å². The molecule has 2 N–H and O–H groups in total. The smallest absolute Gasteiger partial charge is 0.401 e. The first-order chi connectivity index (χ1) is 14.9. The van der Waals surface area contributed by atoms with E-state index in [1.807, 2.05) is 0 Å². The lowest BCUT2D eigenvalue weighted by Gasteiger charge is -2.33. The first-order valence-corrected chi connectivity index (χ1v) is 9.98. The van der Waals surface area contributed by atoms with Crippen molar-refractivity contribution in [2.45, 2.75) is 51.0 Å². The van der Waals surface area contributed by atoms with Gasteiger partial charge in [-0.3, -0.25) is 0 Å². The summed E-state index contributed by atoms with van der Waals surface area (Å²) in [6.45, 7) is 9.47. The van der Waals surface area contributed by atoms with Crippen LogP contribution in [0.15, 0.2) is 40.8 Å². The predicted molar refractivity (Wildman–Crippen MR) is 113 cm³/mol. The third kappa shape index (κ3) is 3.80. The van der Waals surface area contributed by atoms with Gasteiger partial charge in [0.25, 0.3) is 0 Å². The van der Waals surface area contributed by atoms with Crippen LogP contribution in [0.1, 0.15) is 33.0 Å². The number of halogens is 2. The maximum Gasteiger partial charge on any atom is 0.401 e. The predicted octanol–water partition coefficient (Wildman–Crippen LogP) is 3.82. The maximum atomic E-state index is 14.5. The molecule has 2 atom stereocenters. The van der Waals surface area contributed by atoms with Crippen molar-refractivity contribution in [1.82, 2.24) is 9.97 Å².